The van der Waals surface area contributed by atoms with E-state index in [1.54, 1.807) is 6.20 Å². The molecule has 1 atom stereocenters. The summed E-state index contributed by atoms with van der Waals surface area (Å²) in [5.74, 6) is 0.795. The Morgan fingerprint density at radius 2 is 2.09 bits per heavy atom. The Hall–Kier alpha value is -1.21. The number of imidazole rings is 1. The van der Waals surface area contributed by atoms with Gasteiger partial charge in [0, 0.05) is 63.9 Å². The van der Waals surface area contributed by atoms with E-state index in [0.29, 0.717) is 0 Å². The summed E-state index contributed by atoms with van der Waals surface area (Å²) in [6.07, 6.45) is 7.19. The fourth-order valence-corrected chi connectivity index (χ4v) is 3.42. The summed E-state index contributed by atoms with van der Waals surface area (Å²) in [6.45, 7) is 7.91. The van der Waals surface area contributed by atoms with E-state index in [1.807, 2.05) is 16.7 Å². The normalized spacial score (nSPS) is 23.7. The molecule has 2 fully saturated rings. The van der Waals surface area contributed by atoms with E-state index in [9.17, 15) is 0 Å². The number of hydrogen-bond acceptors (Lipinski definition) is 5. The molecule has 0 aliphatic carbocycles. The van der Waals surface area contributed by atoms with Crippen LogP contribution in [0.5, 0.6) is 0 Å². The summed E-state index contributed by atoms with van der Waals surface area (Å²) in [4.78, 5) is 14.0. The molecule has 0 spiro atoms. The number of piperazine rings is 1. The van der Waals surface area contributed by atoms with Crippen molar-refractivity contribution < 1.29 is 0 Å². The van der Waals surface area contributed by atoms with Crippen LogP contribution < -0.4 is 5.32 Å². The Balaban J connectivity index is 0.00000144. The highest BCUT2D eigenvalue weighted by atomic mass is 35.5. The SMILES string of the molecule is Cl.c1cnc2nc(CN3CCN(C4CCNC4)CC3)cn2c1. The zero-order chi connectivity index (χ0) is 14.1. The van der Waals surface area contributed by atoms with Gasteiger partial charge in [-0.3, -0.25) is 14.2 Å². The van der Waals surface area contributed by atoms with Crippen molar-refractivity contribution in [2.75, 3.05) is 39.3 Å². The van der Waals surface area contributed by atoms with Crippen LogP contribution in [0.25, 0.3) is 5.78 Å². The number of fused-ring (bicyclic) bond motifs is 1. The van der Waals surface area contributed by atoms with Crippen LogP contribution in [0.4, 0.5) is 0 Å². The summed E-state index contributed by atoms with van der Waals surface area (Å²) in [5.41, 5.74) is 1.12. The fourth-order valence-electron chi connectivity index (χ4n) is 3.42. The molecule has 2 aliphatic rings. The Bertz CT molecular complexity index is 568. The number of halogens is 1. The monoisotopic (exact) mass is 322 g/mol. The highest BCUT2D eigenvalue weighted by Crippen LogP contribution is 2.14. The molecule has 0 aromatic carbocycles. The maximum atomic E-state index is 4.59. The van der Waals surface area contributed by atoms with E-state index < -0.39 is 0 Å². The molecule has 2 aromatic heterocycles. The molecule has 2 saturated heterocycles. The van der Waals surface area contributed by atoms with Crippen LogP contribution in [-0.2, 0) is 6.54 Å². The predicted molar refractivity (Wildman–Crippen MR) is 88.4 cm³/mol. The van der Waals surface area contributed by atoms with Crippen molar-refractivity contribution in [2.45, 2.75) is 19.0 Å². The van der Waals surface area contributed by atoms with E-state index in [4.69, 9.17) is 0 Å². The molecular weight excluding hydrogens is 300 g/mol. The van der Waals surface area contributed by atoms with Crippen molar-refractivity contribution >= 4 is 18.2 Å². The lowest BCUT2D eigenvalue weighted by Gasteiger charge is -2.37. The summed E-state index contributed by atoms with van der Waals surface area (Å²) in [5, 5.41) is 3.46. The zero-order valence-corrected chi connectivity index (χ0v) is 13.5. The highest BCUT2D eigenvalue weighted by Gasteiger charge is 2.26. The quantitative estimate of drug-likeness (QED) is 0.898. The minimum atomic E-state index is 0. The van der Waals surface area contributed by atoms with Crippen molar-refractivity contribution in [3.05, 3.63) is 30.4 Å². The molecule has 22 heavy (non-hydrogen) atoms. The molecule has 2 aromatic rings. The molecule has 2 aliphatic heterocycles. The van der Waals surface area contributed by atoms with Crippen LogP contribution in [0, 0.1) is 0 Å². The van der Waals surface area contributed by atoms with Gasteiger partial charge in [-0.25, -0.2) is 9.97 Å². The molecule has 4 heterocycles. The van der Waals surface area contributed by atoms with Gasteiger partial charge in [-0.05, 0) is 19.0 Å². The third kappa shape index (κ3) is 3.25. The molecule has 0 saturated carbocycles. The number of nitrogens with zero attached hydrogens (tertiary/aromatic N) is 5. The van der Waals surface area contributed by atoms with Crippen molar-refractivity contribution in [2.24, 2.45) is 0 Å². The van der Waals surface area contributed by atoms with Gasteiger partial charge in [0.15, 0.2) is 0 Å². The van der Waals surface area contributed by atoms with E-state index in [0.717, 1.165) is 43.7 Å². The van der Waals surface area contributed by atoms with Crippen molar-refractivity contribution in [3.8, 4) is 0 Å². The Morgan fingerprint density at radius 3 is 2.82 bits per heavy atom. The summed E-state index contributed by atoms with van der Waals surface area (Å²) in [6, 6.07) is 2.69. The summed E-state index contributed by atoms with van der Waals surface area (Å²) in [7, 11) is 0. The molecule has 6 nitrogen and oxygen atoms in total. The molecule has 1 unspecified atom stereocenters. The lowest BCUT2D eigenvalue weighted by molar-refractivity contribution is 0.0974. The average Bonchev–Trinajstić information content (AvgIpc) is 3.17. The Kier molecular flexibility index (Phi) is 4.93. The molecule has 7 heteroatoms. The maximum Gasteiger partial charge on any atom is 0.233 e. The van der Waals surface area contributed by atoms with E-state index in [1.165, 1.54) is 26.1 Å². The van der Waals surface area contributed by atoms with Gasteiger partial charge < -0.3 is 5.32 Å². The predicted octanol–water partition coefficient (Wildman–Crippen LogP) is 0.631. The van der Waals surface area contributed by atoms with Gasteiger partial charge in [-0.15, -0.1) is 12.4 Å². The lowest BCUT2D eigenvalue weighted by atomic mass is 10.2. The van der Waals surface area contributed by atoms with Crippen LogP contribution in [0.2, 0.25) is 0 Å². The van der Waals surface area contributed by atoms with Gasteiger partial charge in [0.2, 0.25) is 5.78 Å². The van der Waals surface area contributed by atoms with E-state index in [2.05, 4.69) is 31.3 Å². The topological polar surface area (TPSA) is 48.7 Å². The lowest BCUT2D eigenvalue weighted by Crippen LogP contribution is -2.50. The molecule has 1 N–H and O–H groups in total. The van der Waals surface area contributed by atoms with Gasteiger partial charge in [-0.1, -0.05) is 0 Å². The van der Waals surface area contributed by atoms with Crippen molar-refractivity contribution in [3.63, 3.8) is 0 Å². The number of aromatic nitrogens is 3. The Labute approximate surface area is 136 Å². The minimum absolute atomic E-state index is 0. The van der Waals surface area contributed by atoms with Crippen LogP contribution in [0.15, 0.2) is 24.7 Å². The van der Waals surface area contributed by atoms with Gasteiger partial charge in [0.1, 0.15) is 0 Å². The molecule has 0 bridgehead atoms. The second-order valence-corrected chi connectivity index (χ2v) is 6.02. The molecule has 0 radical (unpaired) electrons. The maximum absolute atomic E-state index is 4.59. The highest BCUT2D eigenvalue weighted by molar-refractivity contribution is 5.85. The third-order valence-corrected chi connectivity index (χ3v) is 4.63. The van der Waals surface area contributed by atoms with E-state index >= 15 is 0 Å². The molecule has 120 valence electrons. The van der Waals surface area contributed by atoms with Gasteiger partial charge in [-0.2, -0.15) is 0 Å². The minimum Gasteiger partial charge on any atom is -0.315 e. The largest absolute Gasteiger partial charge is 0.315 e. The fraction of sp³-hybridized carbons (Fsp3) is 0.600. The van der Waals surface area contributed by atoms with Gasteiger partial charge in [0.25, 0.3) is 0 Å². The number of rotatable bonds is 3. The Morgan fingerprint density at radius 1 is 1.23 bits per heavy atom. The summed E-state index contributed by atoms with van der Waals surface area (Å²) < 4.78 is 2.00. The van der Waals surface area contributed by atoms with Gasteiger partial charge in [0.05, 0.1) is 5.69 Å². The summed E-state index contributed by atoms with van der Waals surface area (Å²) >= 11 is 0. The van der Waals surface area contributed by atoms with Crippen LogP contribution in [0.3, 0.4) is 0 Å². The van der Waals surface area contributed by atoms with Gasteiger partial charge >= 0.3 is 0 Å². The average molecular weight is 323 g/mol. The first-order chi connectivity index (χ1) is 10.4. The standard InChI is InChI=1S/C15H22N6.ClH/c1-3-17-15-18-13(12-21(15)5-1)11-19-6-8-20(9-7-19)14-2-4-16-10-14;/h1,3,5,12,14,16H,2,4,6-11H2;1H. The molecule has 0 amide bonds. The van der Waals surface area contributed by atoms with Crippen LogP contribution in [-0.4, -0.2) is 69.5 Å². The second kappa shape index (κ2) is 6.91. The zero-order valence-electron chi connectivity index (χ0n) is 12.7. The number of hydrogen-bond donors (Lipinski definition) is 1. The van der Waals surface area contributed by atoms with Crippen molar-refractivity contribution in [1.82, 2.24) is 29.5 Å². The molecule has 4 rings (SSSR count). The van der Waals surface area contributed by atoms with Crippen molar-refractivity contribution in [1.29, 1.82) is 0 Å². The first kappa shape index (κ1) is 15.7. The first-order valence-corrected chi connectivity index (χ1v) is 7.84. The second-order valence-electron chi connectivity index (χ2n) is 6.02. The van der Waals surface area contributed by atoms with Crippen LogP contribution in [0.1, 0.15) is 12.1 Å². The molecular formula is C15H23ClN6. The third-order valence-electron chi connectivity index (χ3n) is 4.63. The van der Waals surface area contributed by atoms with Crippen LogP contribution >= 0.6 is 12.4 Å². The smallest absolute Gasteiger partial charge is 0.233 e. The van der Waals surface area contributed by atoms with E-state index in [-0.39, 0.29) is 12.4 Å². The number of nitrogens with one attached hydrogen (secondary N) is 1. The first-order valence-electron chi connectivity index (χ1n) is 7.84.